The zero-order chi connectivity index (χ0) is 30.1. The third-order valence-corrected chi connectivity index (χ3v) is 8.97. The molecule has 1 fully saturated rings. The van der Waals surface area contributed by atoms with Crippen LogP contribution in [-0.4, -0.2) is 72.0 Å². The number of aromatic amines is 1. The predicted molar refractivity (Wildman–Crippen MR) is 135 cm³/mol. The Labute approximate surface area is 226 Å². The first-order chi connectivity index (χ1) is 18.5. The minimum atomic E-state index is -5.74. The molecule has 1 amide bonds. The predicted octanol–water partition coefficient (Wildman–Crippen LogP) is -0.823. The summed E-state index contributed by atoms with van der Waals surface area (Å²) < 4.78 is 51.9. The summed E-state index contributed by atoms with van der Waals surface area (Å²) in [4.78, 5) is 74.4. The second kappa shape index (κ2) is 14.9. The average molecular weight is 636 g/mol. The van der Waals surface area contributed by atoms with E-state index in [4.69, 9.17) is 20.3 Å². The second-order valence-corrected chi connectivity index (χ2v) is 12.8. The largest absolute Gasteiger partial charge is 0.490 e. The zero-order valence-corrected chi connectivity index (χ0v) is 23.5. The molecule has 22 heteroatoms. The van der Waals surface area contributed by atoms with Crippen LogP contribution in [0.2, 0.25) is 0 Å². The van der Waals surface area contributed by atoms with E-state index in [-0.39, 0.29) is 12.0 Å². The van der Waals surface area contributed by atoms with E-state index in [1.807, 2.05) is 4.98 Å². The number of amides is 1. The Morgan fingerprint density at radius 3 is 2.45 bits per heavy atom. The highest BCUT2D eigenvalue weighted by molar-refractivity contribution is 7.66. The van der Waals surface area contributed by atoms with Crippen molar-refractivity contribution >= 4 is 35.5 Å². The molecule has 9 N–H and O–H groups in total. The number of rotatable bonds is 16. The summed E-state index contributed by atoms with van der Waals surface area (Å²) in [5.74, 6) is -0.477. The van der Waals surface area contributed by atoms with E-state index in [0.717, 1.165) is 48.6 Å². The summed E-state index contributed by atoms with van der Waals surface area (Å²) in [5.41, 5.74) is 3.57. The summed E-state index contributed by atoms with van der Waals surface area (Å²) in [6.45, 7) is 0.0666. The van der Waals surface area contributed by atoms with Crippen molar-refractivity contribution in [2.24, 2.45) is 5.73 Å². The summed E-state index contributed by atoms with van der Waals surface area (Å²) >= 11 is 0. The number of hydrogen-bond acceptors (Lipinski definition) is 12. The Hall–Kier alpha value is -1.82. The first-order valence-corrected chi connectivity index (χ1v) is 16.2. The van der Waals surface area contributed by atoms with Gasteiger partial charge in [0.15, 0.2) is 0 Å². The molecule has 40 heavy (non-hydrogen) atoms. The number of nitrogens with zero attached hydrogens (tertiary/aromatic N) is 1. The fourth-order valence-corrected chi connectivity index (χ4v) is 6.43. The van der Waals surface area contributed by atoms with E-state index in [9.17, 15) is 43.0 Å². The number of unbranched alkanes of at least 4 members (excludes halogenated alkanes) is 3. The Morgan fingerprint density at radius 2 is 1.80 bits per heavy atom. The number of aromatic nitrogens is 2. The van der Waals surface area contributed by atoms with Crippen LogP contribution >= 0.6 is 23.5 Å². The Balaban J connectivity index is 2.00. The first-order valence-electron chi connectivity index (χ1n) is 11.7. The van der Waals surface area contributed by atoms with E-state index in [0.29, 0.717) is 13.1 Å². The molecule has 0 saturated carbocycles. The molecule has 2 heterocycles. The van der Waals surface area contributed by atoms with E-state index in [1.165, 1.54) is 0 Å². The molecule has 228 valence electrons. The van der Waals surface area contributed by atoms with Crippen LogP contribution in [0.1, 0.15) is 43.9 Å². The highest BCUT2D eigenvalue weighted by Crippen LogP contribution is 2.66. The van der Waals surface area contributed by atoms with Crippen LogP contribution < -0.4 is 22.3 Å². The third-order valence-electron chi connectivity index (χ3n) is 5.17. The van der Waals surface area contributed by atoms with Gasteiger partial charge in [0.05, 0.1) is 18.3 Å². The van der Waals surface area contributed by atoms with Crippen molar-refractivity contribution in [3.05, 3.63) is 38.7 Å². The molecule has 0 spiro atoms. The van der Waals surface area contributed by atoms with Gasteiger partial charge in [0.25, 0.3) is 5.56 Å². The van der Waals surface area contributed by atoms with E-state index in [2.05, 4.69) is 18.5 Å². The van der Waals surface area contributed by atoms with Crippen molar-refractivity contribution in [1.82, 2.24) is 14.9 Å². The van der Waals surface area contributed by atoms with Crippen LogP contribution in [0.4, 0.5) is 0 Å². The molecular weight excluding hydrogens is 605 g/mol. The van der Waals surface area contributed by atoms with Crippen LogP contribution in [-0.2, 0) is 36.4 Å². The SMILES string of the molecule is NCCCCCCNC(=O)/C=C/c1cn([C@H]2C[C@H](O)[C@@H](COP(=O)(O)OP(=O)(O)OP(=O)(O)O)O2)c(=O)[nH]c1=O. The van der Waals surface area contributed by atoms with Crippen molar-refractivity contribution in [3.63, 3.8) is 0 Å². The minimum Gasteiger partial charge on any atom is -0.390 e. The molecule has 0 radical (unpaired) electrons. The van der Waals surface area contributed by atoms with Gasteiger partial charge in [0, 0.05) is 25.2 Å². The molecule has 0 bridgehead atoms. The molecular formula is C18H31N4O15P3. The van der Waals surface area contributed by atoms with Gasteiger partial charge < -0.3 is 40.5 Å². The van der Waals surface area contributed by atoms with E-state index < -0.39 is 65.7 Å². The average Bonchev–Trinajstić information content (AvgIpc) is 3.17. The lowest BCUT2D eigenvalue weighted by molar-refractivity contribution is -0.116. The number of phosphoric acid groups is 3. The highest BCUT2D eigenvalue weighted by atomic mass is 31.3. The number of aliphatic hydroxyl groups is 1. The van der Waals surface area contributed by atoms with Crippen molar-refractivity contribution in [1.29, 1.82) is 0 Å². The van der Waals surface area contributed by atoms with Gasteiger partial charge >= 0.3 is 29.2 Å². The van der Waals surface area contributed by atoms with Gasteiger partial charge in [-0.15, -0.1) is 0 Å². The summed E-state index contributed by atoms with van der Waals surface area (Å²) in [6.07, 6.45) is 2.49. The number of nitrogens with two attached hydrogens (primary N) is 1. The monoisotopic (exact) mass is 636 g/mol. The lowest BCUT2D eigenvalue weighted by Gasteiger charge is -2.19. The molecule has 1 aromatic rings. The molecule has 19 nitrogen and oxygen atoms in total. The lowest BCUT2D eigenvalue weighted by atomic mass is 10.2. The Morgan fingerprint density at radius 1 is 1.12 bits per heavy atom. The normalized spacial score (nSPS) is 22.7. The van der Waals surface area contributed by atoms with Crippen LogP contribution in [0.3, 0.4) is 0 Å². The first kappa shape index (κ1) is 34.4. The number of nitrogens with one attached hydrogen (secondary N) is 2. The van der Waals surface area contributed by atoms with Crippen molar-refractivity contribution < 1.29 is 61.1 Å². The summed E-state index contributed by atoms with van der Waals surface area (Å²) in [6, 6.07) is 0. The molecule has 1 saturated heterocycles. The van der Waals surface area contributed by atoms with Crippen molar-refractivity contribution in [2.75, 3.05) is 19.7 Å². The van der Waals surface area contributed by atoms with Crippen LogP contribution in [0.5, 0.6) is 0 Å². The van der Waals surface area contributed by atoms with Gasteiger partial charge in [0.2, 0.25) is 5.91 Å². The van der Waals surface area contributed by atoms with Crippen LogP contribution in [0.15, 0.2) is 21.9 Å². The number of aliphatic hydroxyl groups excluding tert-OH is 1. The number of ether oxygens (including phenoxy) is 1. The van der Waals surface area contributed by atoms with Gasteiger partial charge in [-0.1, -0.05) is 12.8 Å². The fourth-order valence-electron chi connectivity index (χ4n) is 3.40. The number of hydrogen-bond donors (Lipinski definition) is 8. The summed E-state index contributed by atoms with van der Waals surface area (Å²) in [5, 5.41) is 12.9. The molecule has 1 aliphatic rings. The van der Waals surface area contributed by atoms with Crippen molar-refractivity contribution in [2.45, 2.75) is 50.5 Å². The molecule has 1 aromatic heterocycles. The van der Waals surface area contributed by atoms with Crippen molar-refractivity contribution in [3.8, 4) is 0 Å². The van der Waals surface area contributed by atoms with E-state index >= 15 is 0 Å². The Kier molecular flexibility index (Phi) is 12.8. The number of carbonyl (C=O) groups excluding carboxylic acids is 1. The van der Waals surface area contributed by atoms with Crippen LogP contribution in [0, 0.1) is 0 Å². The van der Waals surface area contributed by atoms with Crippen LogP contribution in [0.25, 0.3) is 6.08 Å². The molecule has 2 unspecified atom stereocenters. The summed E-state index contributed by atoms with van der Waals surface area (Å²) in [7, 11) is -16.8. The molecule has 0 aromatic carbocycles. The quantitative estimate of drug-likeness (QED) is 0.0624. The maximum Gasteiger partial charge on any atom is 0.490 e. The van der Waals surface area contributed by atoms with Gasteiger partial charge in [0.1, 0.15) is 12.3 Å². The molecule has 5 atom stereocenters. The second-order valence-electron chi connectivity index (χ2n) is 8.40. The maximum atomic E-state index is 12.3. The van der Waals surface area contributed by atoms with Gasteiger partial charge in [-0.25, -0.2) is 18.5 Å². The lowest BCUT2D eigenvalue weighted by Crippen LogP contribution is -2.33. The van der Waals surface area contributed by atoms with E-state index in [1.54, 1.807) is 0 Å². The standard InChI is InChI=1S/C18H31N4O15P3/c19-7-3-1-2-4-8-20-15(24)6-5-12-10-22(18(26)21-17(12)25)16-9-13(23)14(35-16)11-34-39(30,31)37-40(32,33)36-38(27,28)29/h5-6,10,13-14,16,23H,1-4,7-9,11,19H2,(H,20,24)(H,30,31)(H,32,33)(H,21,25,26)(H2,27,28,29)/b6-5+/t13-,14+,16+/m0/s1. The number of carbonyl (C=O) groups is 1. The minimum absolute atomic E-state index is 0.104. The molecule has 2 rings (SSSR count). The fraction of sp³-hybridized carbons (Fsp3) is 0.611. The number of H-pyrrole nitrogens is 1. The third kappa shape index (κ3) is 12.0. The maximum absolute atomic E-state index is 12.3. The topological polar surface area (TPSA) is 299 Å². The Bertz CT molecular complexity index is 1310. The number of phosphoric ester groups is 1. The molecule has 0 aliphatic carbocycles. The zero-order valence-electron chi connectivity index (χ0n) is 20.8. The van der Waals surface area contributed by atoms with Gasteiger partial charge in [-0.05, 0) is 25.5 Å². The highest BCUT2D eigenvalue weighted by Gasteiger charge is 2.43. The van der Waals surface area contributed by atoms with Gasteiger partial charge in [-0.3, -0.25) is 23.7 Å². The molecule has 1 aliphatic heterocycles. The smallest absolute Gasteiger partial charge is 0.390 e. The van der Waals surface area contributed by atoms with Gasteiger partial charge in [-0.2, -0.15) is 8.62 Å².